The zero-order chi connectivity index (χ0) is 19.9. The van der Waals surface area contributed by atoms with Crippen LogP contribution < -0.4 is 4.74 Å². The van der Waals surface area contributed by atoms with Crippen molar-refractivity contribution >= 4 is 23.1 Å². The van der Waals surface area contributed by atoms with Gasteiger partial charge < -0.3 is 4.74 Å². The predicted octanol–water partition coefficient (Wildman–Crippen LogP) is 7.18. The number of alkyl halides is 3. The van der Waals surface area contributed by atoms with Gasteiger partial charge in [-0.1, -0.05) is 42.8 Å². The molecule has 0 spiro atoms. The molecule has 2 nitrogen and oxygen atoms in total. The van der Waals surface area contributed by atoms with E-state index in [0.29, 0.717) is 39.7 Å². The van der Waals surface area contributed by atoms with Crippen molar-refractivity contribution in [3.63, 3.8) is 0 Å². The SMILES string of the molecule is CC1CC1c1ccc(OCc2c(-c3ccc(Cl)cc3)nsc2C(F)(F)F)cc1. The lowest BCUT2D eigenvalue weighted by atomic mass is 10.1. The second-order valence-electron chi connectivity index (χ2n) is 7.02. The molecule has 0 radical (unpaired) electrons. The van der Waals surface area contributed by atoms with E-state index in [1.807, 2.05) is 24.3 Å². The smallest absolute Gasteiger partial charge is 0.427 e. The molecule has 1 heterocycles. The van der Waals surface area contributed by atoms with Crippen LogP contribution in [-0.2, 0) is 12.8 Å². The summed E-state index contributed by atoms with van der Waals surface area (Å²) in [5.41, 5.74) is 2.14. The first-order chi connectivity index (χ1) is 13.3. The Bertz CT molecular complexity index is 967. The van der Waals surface area contributed by atoms with Crippen LogP contribution in [0, 0.1) is 5.92 Å². The molecule has 146 valence electrons. The molecule has 2 atom stereocenters. The quantitative estimate of drug-likeness (QED) is 0.433. The Kier molecular flexibility index (Phi) is 5.10. The van der Waals surface area contributed by atoms with Crippen LogP contribution in [0.3, 0.4) is 0 Å². The number of hydrogen-bond acceptors (Lipinski definition) is 3. The van der Waals surface area contributed by atoms with Crippen molar-refractivity contribution in [3.05, 3.63) is 69.6 Å². The standard InChI is InChI=1S/C21H17ClF3NOS/c1-12-10-17(12)13-4-8-16(9-5-13)27-11-18-19(14-2-6-15(22)7-3-14)26-28-20(18)21(23,24)25/h2-9,12,17H,10-11H2,1H3. The number of halogens is 4. The fourth-order valence-electron chi connectivity index (χ4n) is 3.25. The van der Waals surface area contributed by atoms with E-state index in [-0.39, 0.29) is 17.9 Å². The van der Waals surface area contributed by atoms with Crippen molar-refractivity contribution in [1.29, 1.82) is 0 Å². The summed E-state index contributed by atoms with van der Waals surface area (Å²) < 4.78 is 50.1. The van der Waals surface area contributed by atoms with Gasteiger partial charge in [0.2, 0.25) is 0 Å². The lowest BCUT2D eigenvalue weighted by Crippen LogP contribution is -2.08. The van der Waals surface area contributed by atoms with E-state index >= 15 is 0 Å². The first kappa shape index (κ1) is 19.3. The maximum Gasteiger partial charge on any atom is 0.427 e. The molecular weight excluding hydrogens is 407 g/mol. The van der Waals surface area contributed by atoms with E-state index in [0.717, 1.165) is 0 Å². The second-order valence-corrected chi connectivity index (χ2v) is 8.23. The van der Waals surface area contributed by atoms with Gasteiger partial charge in [0.05, 0.1) is 5.69 Å². The number of nitrogens with zero attached hydrogens (tertiary/aromatic N) is 1. The van der Waals surface area contributed by atoms with Gasteiger partial charge in [0, 0.05) is 16.1 Å². The highest BCUT2D eigenvalue weighted by molar-refractivity contribution is 7.06. The molecule has 2 unspecified atom stereocenters. The van der Waals surface area contributed by atoms with Gasteiger partial charge >= 0.3 is 6.18 Å². The summed E-state index contributed by atoms with van der Waals surface area (Å²) >= 11 is 6.33. The van der Waals surface area contributed by atoms with E-state index in [9.17, 15) is 13.2 Å². The van der Waals surface area contributed by atoms with Crippen LogP contribution in [0.4, 0.5) is 13.2 Å². The highest BCUT2D eigenvalue weighted by Crippen LogP contribution is 2.47. The number of benzene rings is 2. The molecular formula is C21H17ClF3NOS. The number of rotatable bonds is 5. The molecule has 1 aliphatic rings. The van der Waals surface area contributed by atoms with Crippen molar-refractivity contribution in [2.24, 2.45) is 5.92 Å². The van der Waals surface area contributed by atoms with Crippen LogP contribution in [0.1, 0.15) is 35.3 Å². The average Bonchev–Trinajstić information content (AvgIpc) is 3.22. The van der Waals surface area contributed by atoms with Crippen LogP contribution in [0.5, 0.6) is 5.75 Å². The van der Waals surface area contributed by atoms with Crippen molar-refractivity contribution in [2.75, 3.05) is 0 Å². The van der Waals surface area contributed by atoms with Crippen LogP contribution in [0.25, 0.3) is 11.3 Å². The third-order valence-corrected chi connectivity index (χ3v) is 6.15. The van der Waals surface area contributed by atoms with E-state index in [2.05, 4.69) is 11.3 Å². The number of ether oxygens (including phenoxy) is 1. The third kappa shape index (κ3) is 4.03. The summed E-state index contributed by atoms with van der Waals surface area (Å²) in [4.78, 5) is -0.735. The summed E-state index contributed by atoms with van der Waals surface area (Å²) in [5.74, 6) is 1.82. The first-order valence-electron chi connectivity index (χ1n) is 8.87. The fraction of sp³-hybridized carbons (Fsp3) is 0.286. The van der Waals surface area contributed by atoms with Crippen molar-refractivity contribution in [1.82, 2.24) is 4.37 Å². The molecule has 28 heavy (non-hydrogen) atoms. The van der Waals surface area contributed by atoms with Gasteiger partial charge in [0.15, 0.2) is 0 Å². The number of aromatic nitrogens is 1. The average molecular weight is 424 g/mol. The molecule has 7 heteroatoms. The van der Waals surface area contributed by atoms with Gasteiger partial charge in [-0.3, -0.25) is 0 Å². The Morgan fingerprint density at radius 1 is 1.11 bits per heavy atom. The molecule has 0 bridgehead atoms. The van der Waals surface area contributed by atoms with Gasteiger partial charge in [-0.25, -0.2) is 0 Å². The zero-order valence-electron chi connectivity index (χ0n) is 15.0. The monoisotopic (exact) mass is 423 g/mol. The molecule has 0 saturated heterocycles. The Balaban J connectivity index is 1.58. The van der Waals surface area contributed by atoms with Gasteiger partial charge in [-0.05, 0) is 59.6 Å². The summed E-state index contributed by atoms with van der Waals surface area (Å²) in [6.45, 7) is 2.00. The van der Waals surface area contributed by atoms with Crippen LogP contribution >= 0.6 is 23.1 Å². The van der Waals surface area contributed by atoms with E-state index < -0.39 is 11.1 Å². The van der Waals surface area contributed by atoms with Gasteiger partial charge in [-0.2, -0.15) is 17.5 Å². The van der Waals surface area contributed by atoms with Crippen molar-refractivity contribution < 1.29 is 17.9 Å². The van der Waals surface area contributed by atoms with Gasteiger partial charge in [0.25, 0.3) is 0 Å². The summed E-state index contributed by atoms with van der Waals surface area (Å²) in [6.07, 6.45) is -3.30. The van der Waals surface area contributed by atoms with Gasteiger partial charge in [0.1, 0.15) is 17.2 Å². The summed E-state index contributed by atoms with van der Waals surface area (Å²) in [5, 5.41) is 0.512. The molecule has 1 fully saturated rings. The van der Waals surface area contributed by atoms with Crippen LogP contribution in [0.15, 0.2) is 48.5 Å². The minimum Gasteiger partial charge on any atom is -0.489 e. The van der Waals surface area contributed by atoms with E-state index in [1.54, 1.807) is 24.3 Å². The summed E-state index contributed by atoms with van der Waals surface area (Å²) in [6, 6.07) is 14.2. The predicted molar refractivity (Wildman–Crippen MR) is 105 cm³/mol. The normalized spacial score (nSPS) is 18.9. The topological polar surface area (TPSA) is 22.1 Å². The largest absolute Gasteiger partial charge is 0.489 e. The molecule has 2 aromatic carbocycles. The highest BCUT2D eigenvalue weighted by Gasteiger charge is 2.38. The molecule has 0 amide bonds. The van der Waals surface area contributed by atoms with Crippen molar-refractivity contribution in [2.45, 2.75) is 32.0 Å². The molecule has 3 aromatic rings. The Morgan fingerprint density at radius 2 is 1.75 bits per heavy atom. The molecule has 1 aliphatic carbocycles. The molecule has 4 rings (SSSR count). The third-order valence-electron chi connectivity index (χ3n) is 4.96. The summed E-state index contributed by atoms with van der Waals surface area (Å²) in [7, 11) is 0. The molecule has 0 aliphatic heterocycles. The lowest BCUT2D eigenvalue weighted by molar-refractivity contribution is -0.135. The molecule has 1 saturated carbocycles. The van der Waals surface area contributed by atoms with E-state index in [4.69, 9.17) is 16.3 Å². The van der Waals surface area contributed by atoms with Crippen molar-refractivity contribution in [3.8, 4) is 17.0 Å². The maximum atomic E-state index is 13.4. The minimum absolute atomic E-state index is 0.0414. The van der Waals surface area contributed by atoms with E-state index in [1.165, 1.54) is 12.0 Å². The number of hydrogen-bond donors (Lipinski definition) is 0. The zero-order valence-corrected chi connectivity index (χ0v) is 16.5. The maximum absolute atomic E-state index is 13.4. The van der Waals surface area contributed by atoms with Crippen LogP contribution in [-0.4, -0.2) is 4.37 Å². The van der Waals surface area contributed by atoms with Crippen LogP contribution in [0.2, 0.25) is 5.02 Å². The Hall–Kier alpha value is -2.05. The fourth-order valence-corrected chi connectivity index (χ4v) is 4.15. The lowest BCUT2D eigenvalue weighted by Gasteiger charge is -2.11. The minimum atomic E-state index is -4.48. The molecule has 1 aromatic heterocycles. The highest BCUT2D eigenvalue weighted by atomic mass is 35.5. The first-order valence-corrected chi connectivity index (χ1v) is 10.0. The Labute approximate surface area is 170 Å². The molecule has 0 N–H and O–H groups in total. The Morgan fingerprint density at radius 3 is 2.32 bits per heavy atom. The second kappa shape index (κ2) is 7.41. The van der Waals surface area contributed by atoms with Gasteiger partial charge in [-0.15, -0.1) is 0 Å².